The predicted octanol–water partition coefficient (Wildman–Crippen LogP) is 5.50. The molecule has 1 saturated carbocycles. The van der Waals surface area contributed by atoms with Crippen LogP contribution < -0.4 is 18.9 Å². The van der Waals surface area contributed by atoms with Crippen molar-refractivity contribution in [2.75, 3.05) is 35.0 Å². The molecule has 3 aliphatic rings. The first-order valence-corrected chi connectivity index (χ1v) is 11.9. The van der Waals surface area contributed by atoms with E-state index in [1.54, 1.807) is 28.4 Å². The summed E-state index contributed by atoms with van der Waals surface area (Å²) in [6.45, 7) is 1.07. The minimum atomic E-state index is 0.344. The van der Waals surface area contributed by atoms with E-state index in [2.05, 4.69) is 29.2 Å². The maximum atomic E-state index is 5.71. The third kappa shape index (κ3) is 3.51. The molecule has 0 radical (unpaired) electrons. The molecule has 2 aromatic rings. The molecule has 0 bridgehead atoms. The summed E-state index contributed by atoms with van der Waals surface area (Å²) < 4.78 is 22.7. The van der Waals surface area contributed by atoms with Crippen LogP contribution in [0.25, 0.3) is 0 Å². The van der Waals surface area contributed by atoms with Crippen LogP contribution in [0.1, 0.15) is 66.4 Å². The van der Waals surface area contributed by atoms with E-state index >= 15 is 0 Å². The lowest BCUT2D eigenvalue weighted by Crippen LogP contribution is -2.45. The molecule has 2 heterocycles. The number of methoxy groups -OCH3 is 4. The molecule has 0 aromatic heterocycles. The molecule has 1 aliphatic carbocycles. The standard InChI is InChI=1S/C27H35NO4/c1-29-23-13-18-10-11-28-22(20(18)15-25(23)31-3)12-19-14-24(30-2)26(32-4)16-21(19)27(28)17-8-6-5-7-9-17/h13-17,22,27H,5-12H2,1-4H3/t22-,27-/m1/s1. The van der Waals surface area contributed by atoms with Gasteiger partial charge >= 0.3 is 0 Å². The van der Waals surface area contributed by atoms with Gasteiger partial charge in [0, 0.05) is 18.6 Å². The number of hydrogen-bond donors (Lipinski definition) is 0. The first-order chi connectivity index (χ1) is 15.7. The van der Waals surface area contributed by atoms with Crippen LogP contribution in [0.5, 0.6) is 23.0 Å². The summed E-state index contributed by atoms with van der Waals surface area (Å²) in [7, 11) is 6.91. The fraction of sp³-hybridized carbons (Fsp3) is 0.556. The van der Waals surface area contributed by atoms with E-state index in [0.717, 1.165) is 42.4 Å². The molecule has 0 spiro atoms. The normalized spacial score (nSPS) is 23.0. The Morgan fingerprint density at radius 1 is 0.688 bits per heavy atom. The Morgan fingerprint density at radius 2 is 1.25 bits per heavy atom. The Balaban J connectivity index is 1.64. The second-order valence-electron chi connectivity index (χ2n) is 9.36. The zero-order valence-electron chi connectivity index (χ0n) is 19.8. The molecular formula is C27H35NO4. The van der Waals surface area contributed by atoms with Crippen LogP contribution >= 0.6 is 0 Å². The topological polar surface area (TPSA) is 40.2 Å². The first kappa shape index (κ1) is 21.4. The lowest BCUT2D eigenvalue weighted by Gasteiger charge is -2.50. The zero-order valence-corrected chi connectivity index (χ0v) is 19.8. The highest BCUT2D eigenvalue weighted by Crippen LogP contribution is 2.52. The van der Waals surface area contributed by atoms with Gasteiger partial charge in [-0.05, 0) is 78.1 Å². The third-order valence-electron chi connectivity index (χ3n) is 7.88. The van der Waals surface area contributed by atoms with Gasteiger partial charge in [0.25, 0.3) is 0 Å². The van der Waals surface area contributed by atoms with Crippen molar-refractivity contribution in [1.82, 2.24) is 4.90 Å². The van der Waals surface area contributed by atoms with E-state index < -0.39 is 0 Å². The van der Waals surface area contributed by atoms with E-state index in [1.807, 2.05) is 0 Å². The molecule has 0 unspecified atom stereocenters. The number of fused-ring (bicyclic) bond motifs is 4. The Morgan fingerprint density at radius 3 is 1.88 bits per heavy atom. The van der Waals surface area contributed by atoms with E-state index in [-0.39, 0.29) is 0 Å². The lowest BCUT2D eigenvalue weighted by atomic mass is 9.73. The predicted molar refractivity (Wildman–Crippen MR) is 125 cm³/mol. The zero-order chi connectivity index (χ0) is 22.2. The van der Waals surface area contributed by atoms with Crippen LogP contribution in [-0.4, -0.2) is 39.9 Å². The summed E-state index contributed by atoms with van der Waals surface area (Å²) in [4.78, 5) is 2.78. The minimum absolute atomic E-state index is 0.344. The van der Waals surface area contributed by atoms with Crippen LogP contribution in [0.2, 0.25) is 0 Å². The molecule has 1 fully saturated rings. The van der Waals surface area contributed by atoms with Gasteiger partial charge in [-0.2, -0.15) is 0 Å². The second kappa shape index (κ2) is 8.86. The second-order valence-corrected chi connectivity index (χ2v) is 9.36. The van der Waals surface area contributed by atoms with Gasteiger partial charge in [0.2, 0.25) is 0 Å². The van der Waals surface area contributed by atoms with Gasteiger partial charge in [-0.1, -0.05) is 19.3 Å². The van der Waals surface area contributed by atoms with Crippen molar-refractivity contribution in [3.8, 4) is 23.0 Å². The van der Waals surface area contributed by atoms with Crippen molar-refractivity contribution in [2.24, 2.45) is 5.92 Å². The molecule has 5 heteroatoms. The molecule has 32 heavy (non-hydrogen) atoms. The molecule has 0 amide bonds. The third-order valence-corrected chi connectivity index (χ3v) is 7.88. The van der Waals surface area contributed by atoms with Gasteiger partial charge in [-0.15, -0.1) is 0 Å². The van der Waals surface area contributed by atoms with Gasteiger partial charge in [-0.25, -0.2) is 0 Å². The van der Waals surface area contributed by atoms with Crippen LogP contribution in [0, 0.1) is 5.92 Å². The molecule has 5 rings (SSSR count). The first-order valence-electron chi connectivity index (χ1n) is 11.9. The fourth-order valence-corrected chi connectivity index (χ4v) is 6.36. The summed E-state index contributed by atoms with van der Waals surface area (Å²) in [6.07, 6.45) is 8.67. The smallest absolute Gasteiger partial charge is 0.161 e. The Labute approximate surface area is 191 Å². The largest absolute Gasteiger partial charge is 0.493 e. The summed E-state index contributed by atoms with van der Waals surface area (Å²) >= 11 is 0. The van der Waals surface area contributed by atoms with Crippen LogP contribution in [-0.2, 0) is 12.8 Å². The Kier molecular flexibility index (Phi) is 5.93. The molecule has 172 valence electrons. The molecule has 2 aromatic carbocycles. The average Bonchev–Trinajstić information content (AvgIpc) is 2.85. The maximum Gasteiger partial charge on any atom is 0.161 e. The molecule has 5 nitrogen and oxygen atoms in total. The van der Waals surface area contributed by atoms with Crippen LogP contribution in [0.3, 0.4) is 0 Å². The van der Waals surface area contributed by atoms with Crippen molar-refractivity contribution in [1.29, 1.82) is 0 Å². The van der Waals surface area contributed by atoms with Crippen molar-refractivity contribution < 1.29 is 18.9 Å². The monoisotopic (exact) mass is 437 g/mol. The van der Waals surface area contributed by atoms with Crippen molar-refractivity contribution in [3.05, 3.63) is 46.5 Å². The summed E-state index contributed by atoms with van der Waals surface area (Å²) in [5, 5.41) is 0. The Bertz CT molecular complexity index is 982. The summed E-state index contributed by atoms with van der Waals surface area (Å²) in [6, 6.07) is 9.64. The number of rotatable bonds is 5. The number of benzene rings is 2. The lowest BCUT2D eigenvalue weighted by molar-refractivity contribution is 0.0528. The van der Waals surface area contributed by atoms with E-state index in [9.17, 15) is 0 Å². The van der Waals surface area contributed by atoms with Gasteiger partial charge in [0.05, 0.1) is 28.4 Å². The molecule has 2 aliphatic heterocycles. The number of nitrogens with zero attached hydrogens (tertiary/aromatic N) is 1. The maximum absolute atomic E-state index is 5.71. The van der Waals surface area contributed by atoms with Crippen molar-refractivity contribution in [3.63, 3.8) is 0 Å². The van der Waals surface area contributed by atoms with E-state index in [0.29, 0.717) is 18.0 Å². The van der Waals surface area contributed by atoms with E-state index in [1.165, 1.54) is 54.4 Å². The number of hydrogen-bond acceptors (Lipinski definition) is 5. The highest BCUT2D eigenvalue weighted by atomic mass is 16.5. The van der Waals surface area contributed by atoms with Crippen molar-refractivity contribution in [2.45, 2.75) is 57.0 Å². The molecule has 0 saturated heterocycles. The van der Waals surface area contributed by atoms with E-state index in [4.69, 9.17) is 18.9 Å². The molecule has 2 atom stereocenters. The highest BCUT2D eigenvalue weighted by molar-refractivity contribution is 5.54. The Hall–Kier alpha value is -2.40. The van der Waals surface area contributed by atoms with Crippen molar-refractivity contribution >= 4 is 0 Å². The quantitative estimate of drug-likeness (QED) is 0.618. The van der Waals surface area contributed by atoms with Crippen LogP contribution in [0.4, 0.5) is 0 Å². The fourth-order valence-electron chi connectivity index (χ4n) is 6.36. The minimum Gasteiger partial charge on any atom is -0.493 e. The van der Waals surface area contributed by atoms with Gasteiger partial charge in [0.15, 0.2) is 23.0 Å². The molecule has 0 N–H and O–H groups in total. The van der Waals surface area contributed by atoms with Gasteiger partial charge in [-0.3, -0.25) is 4.90 Å². The van der Waals surface area contributed by atoms with Gasteiger partial charge < -0.3 is 18.9 Å². The molecular weight excluding hydrogens is 402 g/mol. The number of ether oxygens (including phenoxy) is 4. The van der Waals surface area contributed by atoms with Crippen LogP contribution in [0.15, 0.2) is 24.3 Å². The SMILES string of the molecule is COc1cc2c(cc1OC)[C@H]1Cc3cc(OC)c(OC)cc3[C@@H](C3CCCCC3)N1CC2. The average molecular weight is 438 g/mol. The summed E-state index contributed by atoms with van der Waals surface area (Å²) in [5.74, 6) is 4.00. The summed E-state index contributed by atoms with van der Waals surface area (Å²) in [5.41, 5.74) is 5.60. The van der Waals surface area contributed by atoms with Gasteiger partial charge in [0.1, 0.15) is 0 Å². The highest BCUT2D eigenvalue weighted by Gasteiger charge is 2.42.